The van der Waals surface area contributed by atoms with Crippen LogP contribution in [0.3, 0.4) is 0 Å². The Morgan fingerprint density at radius 2 is 2.35 bits per heavy atom. The van der Waals surface area contributed by atoms with Gasteiger partial charge >= 0.3 is 5.00 Å². The molecule has 1 saturated heterocycles. The van der Waals surface area contributed by atoms with Crippen molar-refractivity contribution in [3.63, 3.8) is 0 Å². The molecule has 1 aromatic rings. The Balaban J connectivity index is 2.10. The zero-order chi connectivity index (χ0) is 12.4. The van der Waals surface area contributed by atoms with Gasteiger partial charge in [-0.3, -0.25) is 14.9 Å². The number of alkyl halides is 1. The molecule has 1 fully saturated rings. The lowest BCUT2D eigenvalue weighted by molar-refractivity contribution is -0.380. The molecule has 1 aliphatic heterocycles. The Hall–Kier alpha value is -0.950. The number of rotatable bonds is 2. The van der Waals surface area contributed by atoms with E-state index in [2.05, 4.69) is 15.9 Å². The van der Waals surface area contributed by atoms with Crippen LogP contribution in [0.5, 0.6) is 0 Å². The third-order valence-corrected chi connectivity index (χ3v) is 4.41. The van der Waals surface area contributed by atoms with E-state index in [0.717, 1.165) is 30.7 Å². The minimum atomic E-state index is -0.467. The molecule has 0 aliphatic carbocycles. The van der Waals surface area contributed by atoms with Gasteiger partial charge in [-0.15, -0.1) is 0 Å². The SMILES string of the molecule is O=C(c1ccc([N+](=O)[O-])s1)N1CCCC(Br)C1. The maximum absolute atomic E-state index is 12.1. The Bertz CT molecular complexity index is 449. The lowest BCUT2D eigenvalue weighted by Gasteiger charge is -2.29. The van der Waals surface area contributed by atoms with Crippen molar-refractivity contribution >= 4 is 38.2 Å². The number of nitro groups is 1. The molecule has 1 aliphatic rings. The van der Waals surface area contributed by atoms with Crippen molar-refractivity contribution in [2.75, 3.05) is 13.1 Å². The predicted molar refractivity (Wildman–Crippen MR) is 68.8 cm³/mol. The van der Waals surface area contributed by atoms with E-state index in [4.69, 9.17) is 0 Å². The summed E-state index contributed by atoms with van der Waals surface area (Å²) in [6.45, 7) is 1.40. The molecule has 0 spiro atoms. The summed E-state index contributed by atoms with van der Waals surface area (Å²) in [6, 6.07) is 2.91. The monoisotopic (exact) mass is 318 g/mol. The van der Waals surface area contributed by atoms with Crippen LogP contribution < -0.4 is 0 Å². The highest BCUT2D eigenvalue weighted by atomic mass is 79.9. The summed E-state index contributed by atoms with van der Waals surface area (Å²) in [5.74, 6) is -0.104. The highest BCUT2D eigenvalue weighted by molar-refractivity contribution is 9.09. The van der Waals surface area contributed by atoms with E-state index in [0.29, 0.717) is 16.2 Å². The number of likely N-dealkylation sites (tertiary alicyclic amines) is 1. The average Bonchev–Trinajstić information content (AvgIpc) is 2.77. The van der Waals surface area contributed by atoms with E-state index in [1.807, 2.05) is 0 Å². The topological polar surface area (TPSA) is 63.4 Å². The predicted octanol–water partition coefficient (Wildman–Crippen LogP) is 2.66. The minimum Gasteiger partial charge on any atom is -0.337 e. The first-order valence-corrected chi connectivity index (χ1v) is 6.98. The van der Waals surface area contributed by atoms with Gasteiger partial charge in [-0.1, -0.05) is 27.3 Å². The van der Waals surface area contributed by atoms with Gasteiger partial charge < -0.3 is 4.90 Å². The van der Waals surface area contributed by atoms with Gasteiger partial charge in [0.05, 0.1) is 9.80 Å². The van der Waals surface area contributed by atoms with Crippen LogP contribution in [-0.2, 0) is 0 Å². The number of carbonyl (C=O) groups is 1. The first-order chi connectivity index (χ1) is 8.08. The normalized spacial score (nSPS) is 20.3. The summed E-state index contributed by atoms with van der Waals surface area (Å²) in [4.78, 5) is 24.7. The molecular formula is C10H11BrN2O3S. The van der Waals surface area contributed by atoms with Gasteiger partial charge in [-0.2, -0.15) is 0 Å². The molecule has 1 atom stereocenters. The number of piperidine rings is 1. The molecule has 2 rings (SSSR count). The fourth-order valence-corrected chi connectivity index (χ4v) is 3.27. The first-order valence-electron chi connectivity index (χ1n) is 5.25. The van der Waals surface area contributed by atoms with Gasteiger partial charge in [-0.25, -0.2) is 0 Å². The Morgan fingerprint density at radius 3 is 2.94 bits per heavy atom. The van der Waals surface area contributed by atoms with E-state index in [1.165, 1.54) is 12.1 Å². The van der Waals surface area contributed by atoms with E-state index >= 15 is 0 Å². The van der Waals surface area contributed by atoms with Crippen molar-refractivity contribution in [3.8, 4) is 0 Å². The lowest BCUT2D eigenvalue weighted by atomic mass is 10.1. The van der Waals surface area contributed by atoms with Crippen LogP contribution in [0.15, 0.2) is 12.1 Å². The van der Waals surface area contributed by atoms with Gasteiger partial charge in [0.25, 0.3) is 5.91 Å². The maximum atomic E-state index is 12.1. The van der Waals surface area contributed by atoms with Gasteiger partial charge in [0, 0.05) is 24.0 Å². The standard InChI is InChI=1S/C10H11BrN2O3S/c11-7-2-1-5-12(6-7)10(14)8-3-4-9(17-8)13(15)16/h3-4,7H,1-2,5-6H2. The zero-order valence-electron chi connectivity index (χ0n) is 8.97. The number of carbonyl (C=O) groups excluding carboxylic acids is 1. The fourth-order valence-electron chi connectivity index (χ4n) is 1.81. The maximum Gasteiger partial charge on any atom is 0.324 e. The Kier molecular flexibility index (Phi) is 3.78. The molecule has 0 bridgehead atoms. The summed E-state index contributed by atoms with van der Waals surface area (Å²) >= 11 is 4.44. The molecular weight excluding hydrogens is 308 g/mol. The van der Waals surface area contributed by atoms with Gasteiger partial charge in [0.15, 0.2) is 0 Å². The summed E-state index contributed by atoms with van der Waals surface area (Å²) in [7, 11) is 0. The van der Waals surface area contributed by atoms with Gasteiger partial charge in [0.2, 0.25) is 0 Å². The zero-order valence-corrected chi connectivity index (χ0v) is 11.4. The van der Waals surface area contributed by atoms with Crippen LogP contribution >= 0.6 is 27.3 Å². The van der Waals surface area contributed by atoms with Gasteiger partial charge in [-0.05, 0) is 18.9 Å². The number of halogens is 1. The van der Waals surface area contributed by atoms with Crippen molar-refractivity contribution in [2.45, 2.75) is 17.7 Å². The molecule has 0 aromatic carbocycles. The number of hydrogen-bond donors (Lipinski definition) is 0. The third kappa shape index (κ3) is 2.84. The highest BCUT2D eigenvalue weighted by Crippen LogP contribution is 2.26. The highest BCUT2D eigenvalue weighted by Gasteiger charge is 2.25. The lowest BCUT2D eigenvalue weighted by Crippen LogP contribution is -2.39. The Morgan fingerprint density at radius 1 is 1.59 bits per heavy atom. The van der Waals surface area contributed by atoms with E-state index in [-0.39, 0.29) is 10.9 Å². The van der Waals surface area contributed by atoms with Crippen LogP contribution in [-0.4, -0.2) is 33.6 Å². The summed E-state index contributed by atoms with van der Waals surface area (Å²) in [5.41, 5.74) is 0. The molecule has 7 heteroatoms. The summed E-state index contributed by atoms with van der Waals surface area (Å²) < 4.78 is 0. The smallest absolute Gasteiger partial charge is 0.324 e. The van der Waals surface area contributed by atoms with Crippen LogP contribution in [0.25, 0.3) is 0 Å². The summed E-state index contributed by atoms with van der Waals surface area (Å²) in [5, 5.41) is 10.6. The molecule has 1 amide bonds. The Labute approximate surface area is 111 Å². The fraction of sp³-hybridized carbons (Fsp3) is 0.500. The molecule has 1 unspecified atom stereocenters. The number of nitrogens with zero attached hydrogens (tertiary/aromatic N) is 2. The molecule has 0 N–H and O–H groups in total. The molecule has 0 saturated carbocycles. The number of hydrogen-bond acceptors (Lipinski definition) is 4. The number of amides is 1. The quantitative estimate of drug-likeness (QED) is 0.478. The second kappa shape index (κ2) is 5.14. The van der Waals surface area contributed by atoms with Crippen LogP contribution in [0.2, 0.25) is 0 Å². The molecule has 2 heterocycles. The average molecular weight is 319 g/mol. The molecule has 92 valence electrons. The van der Waals surface area contributed by atoms with Crippen molar-refractivity contribution < 1.29 is 9.72 Å². The van der Waals surface area contributed by atoms with E-state index in [1.54, 1.807) is 4.90 Å². The molecule has 0 radical (unpaired) electrons. The van der Waals surface area contributed by atoms with Gasteiger partial charge in [0.1, 0.15) is 0 Å². The molecule has 17 heavy (non-hydrogen) atoms. The molecule has 1 aromatic heterocycles. The second-order valence-corrected chi connectivity index (χ2v) is 6.24. The van der Waals surface area contributed by atoms with Crippen LogP contribution in [0.4, 0.5) is 5.00 Å². The first kappa shape index (κ1) is 12.5. The summed E-state index contributed by atoms with van der Waals surface area (Å²) in [6.07, 6.45) is 2.03. The third-order valence-electron chi connectivity index (χ3n) is 2.63. The van der Waals surface area contributed by atoms with E-state index in [9.17, 15) is 14.9 Å². The second-order valence-electron chi connectivity index (χ2n) is 3.89. The largest absolute Gasteiger partial charge is 0.337 e. The van der Waals surface area contributed by atoms with Crippen molar-refractivity contribution in [1.29, 1.82) is 0 Å². The van der Waals surface area contributed by atoms with Crippen molar-refractivity contribution in [1.82, 2.24) is 4.90 Å². The van der Waals surface area contributed by atoms with E-state index < -0.39 is 4.92 Å². The van der Waals surface area contributed by atoms with Crippen LogP contribution in [0, 0.1) is 10.1 Å². The van der Waals surface area contributed by atoms with Crippen molar-refractivity contribution in [2.24, 2.45) is 0 Å². The number of thiophene rings is 1. The molecule has 5 nitrogen and oxygen atoms in total. The van der Waals surface area contributed by atoms with Crippen molar-refractivity contribution in [3.05, 3.63) is 27.1 Å². The van der Waals surface area contributed by atoms with Crippen LogP contribution in [0.1, 0.15) is 22.5 Å². The minimum absolute atomic E-state index is 0.0146.